The molecule has 0 spiro atoms. The third-order valence-corrected chi connectivity index (χ3v) is 4.27. The predicted molar refractivity (Wildman–Crippen MR) is 83.4 cm³/mol. The van der Waals surface area contributed by atoms with E-state index in [0.717, 1.165) is 28.5 Å². The maximum absolute atomic E-state index is 9.82. The second kappa shape index (κ2) is 7.89. The molecule has 5 nitrogen and oxygen atoms in total. The van der Waals surface area contributed by atoms with Gasteiger partial charge in [-0.1, -0.05) is 0 Å². The summed E-state index contributed by atoms with van der Waals surface area (Å²) in [5, 5.41) is 9.82. The first-order valence-electron chi connectivity index (χ1n) is 6.95. The SMILES string of the molecule is COc1cc(SC)c(OC)cc1CN1CCOC[C@@H](O)C1. The first-order valence-corrected chi connectivity index (χ1v) is 8.17. The minimum absolute atomic E-state index is 0.405. The molecule has 6 heteroatoms. The number of rotatable bonds is 5. The molecule has 1 N–H and O–H groups in total. The fourth-order valence-corrected chi connectivity index (χ4v) is 3.02. The summed E-state index contributed by atoms with van der Waals surface area (Å²) in [5.41, 5.74) is 1.06. The Morgan fingerprint density at radius 2 is 2.10 bits per heavy atom. The maximum Gasteiger partial charge on any atom is 0.132 e. The predicted octanol–water partition coefficient (Wildman–Crippen LogP) is 1.62. The van der Waals surface area contributed by atoms with Gasteiger partial charge in [0.15, 0.2) is 0 Å². The number of hydrogen-bond acceptors (Lipinski definition) is 6. The Labute approximate surface area is 130 Å². The molecule has 118 valence electrons. The Bertz CT molecular complexity index is 469. The molecule has 1 fully saturated rings. The van der Waals surface area contributed by atoms with Gasteiger partial charge in [-0.3, -0.25) is 4.90 Å². The van der Waals surface area contributed by atoms with E-state index >= 15 is 0 Å². The lowest BCUT2D eigenvalue weighted by atomic mass is 10.1. The monoisotopic (exact) mass is 313 g/mol. The Balaban J connectivity index is 2.21. The van der Waals surface area contributed by atoms with E-state index in [9.17, 15) is 5.11 Å². The molecule has 0 saturated carbocycles. The lowest BCUT2D eigenvalue weighted by Gasteiger charge is -2.23. The van der Waals surface area contributed by atoms with Crippen LogP contribution in [0, 0.1) is 0 Å². The van der Waals surface area contributed by atoms with Crippen LogP contribution in [-0.2, 0) is 11.3 Å². The number of hydrogen-bond donors (Lipinski definition) is 1. The number of nitrogens with zero attached hydrogens (tertiary/aromatic N) is 1. The van der Waals surface area contributed by atoms with Crippen LogP contribution in [0.4, 0.5) is 0 Å². The average molecular weight is 313 g/mol. The van der Waals surface area contributed by atoms with Gasteiger partial charge in [-0.2, -0.15) is 0 Å². The molecule has 1 aliphatic rings. The summed E-state index contributed by atoms with van der Waals surface area (Å²) in [6.45, 7) is 3.15. The van der Waals surface area contributed by atoms with Crippen molar-refractivity contribution in [3.8, 4) is 11.5 Å². The molecule has 0 radical (unpaired) electrons. The highest BCUT2D eigenvalue weighted by atomic mass is 32.2. The fourth-order valence-electron chi connectivity index (χ4n) is 2.46. The molecule has 1 aromatic carbocycles. The zero-order valence-corrected chi connectivity index (χ0v) is 13.6. The van der Waals surface area contributed by atoms with Crippen LogP contribution in [-0.4, -0.2) is 62.9 Å². The molecule has 0 bridgehead atoms. The van der Waals surface area contributed by atoms with Crippen molar-refractivity contribution in [3.05, 3.63) is 17.7 Å². The summed E-state index contributed by atoms with van der Waals surface area (Å²) in [5.74, 6) is 1.70. The van der Waals surface area contributed by atoms with Crippen molar-refractivity contribution >= 4 is 11.8 Å². The number of ether oxygens (including phenoxy) is 3. The summed E-state index contributed by atoms with van der Waals surface area (Å²) in [4.78, 5) is 3.23. The molecule has 21 heavy (non-hydrogen) atoms. The number of aliphatic hydroxyl groups is 1. The van der Waals surface area contributed by atoms with E-state index < -0.39 is 6.10 Å². The highest BCUT2D eigenvalue weighted by Gasteiger charge is 2.19. The van der Waals surface area contributed by atoms with Gasteiger partial charge < -0.3 is 19.3 Å². The second-order valence-corrected chi connectivity index (χ2v) is 5.83. The molecular weight excluding hydrogens is 290 g/mol. The molecule has 1 aliphatic heterocycles. The van der Waals surface area contributed by atoms with Gasteiger partial charge in [-0.15, -0.1) is 11.8 Å². The van der Waals surface area contributed by atoms with Crippen LogP contribution in [0.2, 0.25) is 0 Å². The van der Waals surface area contributed by atoms with E-state index in [1.165, 1.54) is 0 Å². The number of methoxy groups -OCH3 is 2. The van der Waals surface area contributed by atoms with Gasteiger partial charge in [0.05, 0.1) is 38.4 Å². The van der Waals surface area contributed by atoms with Gasteiger partial charge in [0.1, 0.15) is 11.5 Å². The van der Waals surface area contributed by atoms with Crippen LogP contribution in [0.5, 0.6) is 11.5 Å². The van der Waals surface area contributed by atoms with E-state index in [4.69, 9.17) is 14.2 Å². The van der Waals surface area contributed by atoms with Gasteiger partial charge in [0.2, 0.25) is 0 Å². The van der Waals surface area contributed by atoms with Crippen LogP contribution in [0.3, 0.4) is 0 Å². The van der Waals surface area contributed by atoms with Gasteiger partial charge in [-0.25, -0.2) is 0 Å². The minimum atomic E-state index is -0.439. The molecule has 0 unspecified atom stereocenters. The van der Waals surface area contributed by atoms with E-state index in [1.807, 2.05) is 18.4 Å². The van der Waals surface area contributed by atoms with E-state index in [2.05, 4.69) is 4.90 Å². The van der Waals surface area contributed by atoms with E-state index in [0.29, 0.717) is 26.3 Å². The van der Waals surface area contributed by atoms with Gasteiger partial charge in [-0.05, 0) is 18.4 Å². The normalized spacial score (nSPS) is 20.1. The van der Waals surface area contributed by atoms with Crippen molar-refractivity contribution in [2.75, 3.05) is 46.8 Å². The quantitative estimate of drug-likeness (QED) is 0.834. The Morgan fingerprint density at radius 3 is 2.76 bits per heavy atom. The van der Waals surface area contributed by atoms with Crippen molar-refractivity contribution in [2.24, 2.45) is 0 Å². The summed E-state index contributed by atoms with van der Waals surface area (Å²) in [7, 11) is 3.35. The molecule has 2 rings (SSSR count). The van der Waals surface area contributed by atoms with Crippen LogP contribution in [0.1, 0.15) is 5.56 Å². The van der Waals surface area contributed by atoms with E-state index in [-0.39, 0.29) is 0 Å². The van der Waals surface area contributed by atoms with Crippen molar-refractivity contribution < 1.29 is 19.3 Å². The highest BCUT2D eigenvalue weighted by molar-refractivity contribution is 7.98. The van der Waals surface area contributed by atoms with Crippen LogP contribution in [0.25, 0.3) is 0 Å². The number of β-amino-alcohol motifs (C(OH)–C–C–N with tert-alkyl or cyclic N) is 1. The Hall–Kier alpha value is -0.950. The Kier molecular flexibility index (Phi) is 6.17. The molecule has 0 aromatic heterocycles. The van der Waals surface area contributed by atoms with Crippen molar-refractivity contribution in [1.29, 1.82) is 0 Å². The standard InChI is InChI=1S/C15H23NO4S/c1-18-13-7-15(21-3)14(19-2)6-11(13)8-16-4-5-20-10-12(17)9-16/h6-7,12,17H,4-5,8-10H2,1-3H3/t12-/m0/s1. The molecule has 0 amide bonds. The van der Waals surface area contributed by atoms with Crippen LogP contribution >= 0.6 is 11.8 Å². The van der Waals surface area contributed by atoms with Crippen molar-refractivity contribution in [2.45, 2.75) is 17.5 Å². The number of thioether (sulfide) groups is 1. The topological polar surface area (TPSA) is 51.2 Å². The largest absolute Gasteiger partial charge is 0.496 e. The first-order chi connectivity index (χ1) is 10.2. The summed E-state index contributed by atoms with van der Waals surface area (Å²) in [6, 6.07) is 4.02. The fraction of sp³-hybridized carbons (Fsp3) is 0.600. The van der Waals surface area contributed by atoms with Crippen molar-refractivity contribution in [1.82, 2.24) is 4.90 Å². The van der Waals surface area contributed by atoms with Crippen LogP contribution in [0.15, 0.2) is 17.0 Å². The van der Waals surface area contributed by atoms with Gasteiger partial charge in [0, 0.05) is 25.2 Å². The minimum Gasteiger partial charge on any atom is -0.496 e. The molecule has 1 heterocycles. The van der Waals surface area contributed by atoms with Crippen LogP contribution < -0.4 is 9.47 Å². The second-order valence-electron chi connectivity index (χ2n) is 4.98. The smallest absolute Gasteiger partial charge is 0.132 e. The first kappa shape index (κ1) is 16.4. The third kappa shape index (κ3) is 4.26. The molecule has 0 aliphatic carbocycles. The number of aliphatic hydroxyl groups excluding tert-OH is 1. The van der Waals surface area contributed by atoms with E-state index in [1.54, 1.807) is 26.0 Å². The molecule has 1 atom stereocenters. The maximum atomic E-state index is 9.82. The molecular formula is C15H23NO4S. The molecule has 1 aromatic rings. The average Bonchev–Trinajstić information content (AvgIpc) is 2.70. The van der Waals surface area contributed by atoms with Crippen molar-refractivity contribution in [3.63, 3.8) is 0 Å². The molecule has 1 saturated heterocycles. The zero-order chi connectivity index (χ0) is 15.2. The lowest BCUT2D eigenvalue weighted by molar-refractivity contribution is 0.0562. The lowest BCUT2D eigenvalue weighted by Crippen LogP contribution is -2.32. The summed E-state index contributed by atoms with van der Waals surface area (Å²) >= 11 is 1.63. The number of benzene rings is 1. The highest BCUT2D eigenvalue weighted by Crippen LogP contribution is 2.35. The third-order valence-electron chi connectivity index (χ3n) is 3.51. The van der Waals surface area contributed by atoms with Gasteiger partial charge in [0.25, 0.3) is 0 Å². The summed E-state index contributed by atoms with van der Waals surface area (Å²) < 4.78 is 16.3. The Morgan fingerprint density at radius 1 is 1.33 bits per heavy atom. The zero-order valence-electron chi connectivity index (χ0n) is 12.8. The summed E-state index contributed by atoms with van der Waals surface area (Å²) in [6.07, 6.45) is 1.57. The van der Waals surface area contributed by atoms with Gasteiger partial charge >= 0.3 is 0 Å².